The Bertz CT molecular complexity index is 507. The molecule has 3 nitrogen and oxygen atoms in total. The van der Waals surface area contributed by atoms with Gasteiger partial charge in [-0.15, -0.1) is 0 Å². The SMILES string of the molecule is CS(=O)CCCNCc1coc2ccccc12. The second-order valence-corrected chi connectivity index (χ2v) is 5.62. The second kappa shape index (κ2) is 5.98. The van der Waals surface area contributed by atoms with Crippen LogP contribution in [0.25, 0.3) is 11.0 Å². The fourth-order valence-corrected chi connectivity index (χ4v) is 2.34. The maximum atomic E-state index is 10.9. The molecule has 0 fully saturated rings. The molecule has 4 heteroatoms. The summed E-state index contributed by atoms with van der Waals surface area (Å²) < 4.78 is 16.3. The van der Waals surface area contributed by atoms with Crippen molar-refractivity contribution in [1.82, 2.24) is 5.32 Å². The van der Waals surface area contributed by atoms with Gasteiger partial charge in [0.1, 0.15) is 5.58 Å². The number of nitrogens with one attached hydrogen (secondary N) is 1. The number of fused-ring (bicyclic) bond motifs is 1. The summed E-state index contributed by atoms with van der Waals surface area (Å²) in [7, 11) is -0.687. The molecule has 2 rings (SSSR count). The monoisotopic (exact) mass is 251 g/mol. The van der Waals surface area contributed by atoms with E-state index in [0.29, 0.717) is 0 Å². The van der Waals surface area contributed by atoms with Crippen molar-refractivity contribution in [1.29, 1.82) is 0 Å². The summed E-state index contributed by atoms with van der Waals surface area (Å²) in [4.78, 5) is 0. The highest BCUT2D eigenvalue weighted by Gasteiger charge is 2.03. The Morgan fingerprint density at radius 1 is 1.35 bits per heavy atom. The lowest BCUT2D eigenvalue weighted by molar-refractivity contribution is 0.601. The maximum Gasteiger partial charge on any atom is 0.134 e. The van der Waals surface area contributed by atoms with Crippen LogP contribution in [0.15, 0.2) is 34.9 Å². The van der Waals surface area contributed by atoms with Crippen molar-refractivity contribution in [3.8, 4) is 0 Å². The van der Waals surface area contributed by atoms with Gasteiger partial charge >= 0.3 is 0 Å². The molecule has 17 heavy (non-hydrogen) atoms. The Morgan fingerprint density at radius 2 is 2.18 bits per heavy atom. The Labute approximate surface area is 104 Å². The molecule has 2 aromatic rings. The molecule has 0 saturated heterocycles. The summed E-state index contributed by atoms with van der Waals surface area (Å²) in [5.74, 6) is 0.763. The molecule has 0 spiro atoms. The van der Waals surface area contributed by atoms with Crippen LogP contribution >= 0.6 is 0 Å². The Balaban J connectivity index is 1.85. The van der Waals surface area contributed by atoms with Gasteiger partial charge in [-0.05, 0) is 19.0 Å². The molecule has 0 aliphatic rings. The summed E-state index contributed by atoms with van der Waals surface area (Å²) in [6.45, 7) is 1.69. The first-order valence-corrected chi connectivity index (χ1v) is 7.46. The minimum atomic E-state index is -0.687. The van der Waals surface area contributed by atoms with Gasteiger partial charge in [-0.2, -0.15) is 0 Å². The number of hydrogen-bond acceptors (Lipinski definition) is 3. The van der Waals surface area contributed by atoms with Crippen molar-refractivity contribution in [3.05, 3.63) is 36.1 Å². The first-order valence-electron chi connectivity index (χ1n) is 5.73. The van der Waals surface area contributed by atoms with Gasteiger partial charge in [0, 0.05) is 40.3 Å². The van der Waals surface area contributed by atoms with Crippen LogP contribution in [-0.2, 0) is 17.3 Å². The molecule has 0 radical (unpaired) electrons. The van der Waals surface area contributed by atoms with E-state index in [4.69, 9.17) is 4.42 Å². The summed E-state index contributed by atoms with van der Waals surface area (Å²) in [5.41, 5.74) is 2.11. The van der Waals surface area contributed by atoms with Crippen molar-refractivity contribution in [2.45, 2.75) is 13.0 Å². The van der Waals surface area contributed by atoms with E-state index in [9.17, 15) is 4.21 Å². The van der Waals surface area contributed by atoms with Gasteiger partial charge in [0.25, 0.3) is 0 Å². The first kappa shape index (κ1) is 12.3. The zero-order valence-corrected chi connectivity index (χ0v) is 10.8. The highest BCUT2D eigenvalue weighted by molar-refractivity contribution is 7.84. The normalized spacial score (nSPS) is 13.0. The molecular formula is C13H17NO2S. The van der Waals surface area contributed by atoms with Gasteiger partial charge in [0.2, 0.25) is 0 Å². The summed E-state index contributed by atoms with van der Waals surface area (Å²) in [5, 5.41) is 4.51. The average Bonchev–Trinajstić information content (AvgIpc) is 2.72. The van der Waals surface area contributed by atoms with E-state index in [1.54, 1.807) is 12.5 Å². The molecule has 1 unspecified atom stereocenters. The predicted molar refractivity (Wildman–Crippen MR) is 71.5 cm³/mol. The minimum absolute atomic E-state index is 0.687. The van der Waals surface area contributed by atoms with Gasteiger partial charge in [0.15, 0.2) is 0 Å². The first-order chi connectivity index (χ1) is 8.27. The number of benzene rings is 1. The third-order valence-electron chi connectivity index (χ3n) is 2.66. The number of furan rings is 1. The molecule has 1 heterocycles. The Kier molecular flexibility index (Phi) is 4.34. The third-order valence-corrected chi connectivity index (χ3v) is 3.53. The fraction of sp³-hybridized carbons (Fsp3) is 0.385. The van der Waals surface area contributed by atoms with Crippen molar-refractivity contribution in [2.24, 2.45) is 0 Å². The number of para-hydroxylation sites is 1. The third kappa shape index (κ3) is 3.41. The lowest BCUT2D eigenvalue weighted by Crippen LogP contribution is -2.16. The molecule has 92 valence electrons. The van der Waals surface area contributed by atoms with Crippen LogP contribution in [0.2, 0.25) is 0 Å². The maximum absolute atomic E-state index is 10.9. The van der Waals surface area contributed by atoms with Crippen LogP contribution in [0.1, 0.15) is 12.0 Å². The minimum Gasteiger partial charge on any atom is -0.464 e. The van der Waals surface area contributed by atoms with Crippen molar-refractivity contribution in [2.75, 3.05) is 18.6 Å². The largest absolute Gasteiger partial charge is 0.464 e. The van der Waals surface area contributed by atoms with E-state index in [-0.39, 0.29) is 0 Å². The average molecular weight is 251 g/mol. The predicted octanol–water partition coefficient (Wildman–Crippen LogP) is 2.29. The van der Waals surface area contributed by atoms with Crippen molar-refractivity contribution >= 4 is 21.8 Å². The smallest absolute Gasteiger partial charge is 0.134 e. The molecule has 1 atom stereocenters. The summed E-state index contributed by atoms with van der Waals surface area (Å²) in [6.07, 6.45) is 4.48. The molecule has 0 aliphatic heterocycles. The van der Waals surface area contributed by atoms with E-state index in [1.807, 2.05) is 18.2 Å². The Morgan fingerprint density at radius 3 is 3.00 bits per heavy atom. The van der Waals surface area contributed by atoms with E-state index in [2.05, 4.69) is 11.4 Å². The van der Waals surface area contributed by atoms with Gasteiger partial charge in [-0.3, -0.25) is 4.21 Å². The molecular weight excluding hydrogens is 234 g/mol. The van der Waals surface area contributed by atoms with Crippen LogP contribution in [-0.4, -0.2) is 22.8 Å². The summed E-state index contributed by atoms with van der Waals surface area (Å²) in [6, 6.07) is 8.02. The lowest BCUT2D eigenvalue weighted by atomic mass is 10.2. The van der Waals surface area contributed by atoms with Crippen LogP contribution in [0, 0.1) is 0 Å². The molecule has 0 amide bonds. The molecule has 1 aromatic heterocycles. The van der Waals surface area contributed by atoms with Crippen LogP contribution in [0.3, 0.4) is 0 Å². The second-order valence-electron chi connectivity index (χ2n) is 4.06. The molecule has 0 saturated carbocycles. The Hall–Kier alpha value is -1.13. The zero-order valence-electron chi connectivity index (χ0n) is 9.94. The molecule has 1 N–H and O–H groups in total. The van der Waals surface area contributed by atoms with Crippen LogP contribution in [0.4, 0.5) is 0 Å². The topological polar surface area (TPSA) is 42.2 Å². The highest BCUT2D eigenvalue weighted by atomic mass is 32.2. The molecule has 0 aliphatic carbocycles. The van der Waals surface area contributed by atoms with Crippen LogP contribution < -0.4 is 5.32 Å². The van der Waals surface area contributed by atoms with Gasteiger partial charge in [-0.1, -0.05) is 18.2 Å². The van der Waals surface area contributed by atoms with Gasteiger partial charge in [0.05, 0.1) is 6.26 Å². The summed E-state index contributed by atoms with van der Waals surface area (Å²) >= 11 is 0. The van der Waals surface area contributed by atoms with E-state index in [1.165, 1.54) is 10.9 Å². The van der Waals surface area contributed by atoms with Crippen LogP contribution in [0.5, 0.6) is 0 Å². The van der Waals surface area contributed by atoms with Crippen molar-refractivity contribution < 1.29 is 8.63 Å². The number of hydrogen-bond donors (Lipinski definition) is 1. The van der Waals surface area contributed by atoms with Crippen molar-refractivity contribution in [3.63, 3.8) is 0 Å². The molecule has 0 bridgehead atoms. The van der Waals surface area contributed by atoms with Gasteiger partial charge in [-0.25, -0.2) is 0 Å². The standard InChI is InChI=1S/C13H17NO2S/c1-17(15)8-4-7-14-9-11-10-16-13-6-3-2-5-12(11)13/h2-3,5-6,10,14H,4,7-9H2,1H3. The lowest BCUT2D eigenvalue weighted by Gasteiger charge is -2.02. The number of rotatable bonds is 6. The van der Waals surface area contributed by atoms with Gasteiger partial charge < -0.3 is 9.73 Å². The molecule has 1 aromatic carbocycles. The quantitative estimate of drug-likeness (QED) is 0.801. The zero-order chi connectivity index (χ0) is 12.1. The van der Waals surface area contributed by atoms with E-state index >= 15 is 0 Å². The van der Waals surface area contributed by atoms with E-state index < -0.39 is 10.8 Å². The van der Waals surface area contributed by atoms with E-state index in [0.717, 1.165) is 30.8 Å². The fourth-order valence-electron chi connectivity index (χ4n) is 1.79. The highest BCUT2D eigenvalue weighted by Crippen LogP contribution is 2.20.